The molecule has 0 aliphatic heterocycles. The van der Waals surface area contributed by atoms with E-state index in [2.05, 4.69) is 4.98 Å². The number of nitrogens with zero attached hydrogens (tertiary/aromatic N) is 2. The van der Waals surface area contributed by atoms with E-state index in [1.165, 1.54) is 11.3 Å². The molecule has 3 nitrogen and oxygen atoms in total. The van der Waals surface area contributed by atoms with E-state index < -0.39 is 0 Å². The van der Waals surface area contributed by atoms with Crippen LogP contribution in [-0.4, -0.2) is 9.55 Å². The van der Waals surface area contributed by atoms with E-state index >= 15 is 0 Å². The van der Waals surface area contributed by atoms with Crippen molar-refractivity contribution in [1.29, 1.82) is 0 Å². The summed E-state index contributed by atoms with van der Waals surface area (Å²) in [6.07, 6.45) is 1.77. The van der Waals surface area contributed by atoms with Gasteiger partial charge in [0.05, 0.1) is 15.7 Å². The van der Waals surface area contributed by atoms with E-state index in [0.29, 0.717) is 0 Å². The maximum Gasteiger partial charge on any atom is 0.254 e. The van der Waals surface area contributed by atoms with Crippen molar-refractivity contribution in [2.24, 2.45) is 7.05 Å². The second kappa shape index (κ2) is 2.42. The van der Waals surface area contributed by atoms with Crippen molar-refractivity contribution in [1.82, 2.24) is 9.55 Å². The summed E-state index contributed by atoms with van der Waals surface area (Å²) in [7, 11) is 1.74. The van der Waals surface area contributed by atoms with Gasteiger partial charge >= 0.3 is 0 Å². The Labute approximate surface area is 73.3 Å². The van der Waals surface area contributed by atoms with Gasteiger partial charge in [0.1, 0.15) is 0 Å². The van der Waals surface area contributed by atoms with Gasteiger partial charge in [0.25, 0.3) is 5.56 Å². The Morgan fingerprint density at radius 2 is 2.33 bits per heavy atom. The summed E-state index contributed by atoms with van der Waals surface area (Å²) in [5.74, 6) is 0. The number of aromatic nitrogens is 2. The lowest BCUT2D eigenvalue weighted by Crippen LogP contribution is -2.17. The van der Waals surface area contributed by atoms with Crippen LogP contribution in [0.2, 0.25) is 0 Å². The second-order valence-corrected chi connectivity index (χ2v) is 3.59. The lowest BCUT2D eigenvalue weighted by atomic mass is 10.3. The van der Waals surface area contributed by atoms with E-state index in [1.807, 2.05) is 6.92 Å². The van der Waals surface area contributed by atoms with Crippen molar-refractivity contribution < 1.29 is 0 Å². The maximum atomic E-state index is 11.4. The summed E-state index contributed by atoms with van der Waals surface area (Å²) in [5.41, 5.74) is 3.51. The van der Waals surface area contributed by atoms with Crippen molar-refractivity contribution in [2.45, 2.75) is 6.92 Å². The molecular formula is C8H8N2OS. The molecule has 0 atom stereocenters. The second-order valence-electron chi connectivity index (χ2n) is 2.74. The van der Waals surface area contributed by atoms with Crippen molar-refractivity contribution >= 4 is 21.6 Å². The van der Waals surface area contributed by atoms with Gasteiger partial charge < -0.3 is 4.57 Å². The molecule has 12 heavy (non-hydrogen) atoms. The standard InChI is InChI=1S/C8H8N2OS/c1-5-7-6(9-4-12-7)3-10(2)8(5)11/h3-4H,1-2H3. The van der Waals surface area contributed by atoms with Crippen molar-refractivity contribution in [3.05, 3.63) is 27.6 Å². The summed E-state index contributed by atoms with van der Waals surface area (Å²) in [5, 5.41) is 0. The highest BCUT2D eigenvalue weighted by molar-refractivity contribution is 7.16. The quantitative estimate of drug-likeness (QED) is 0.612. The number of pyridine rings is 1. The zero-order valence-corrected chi connectivity index (χ0v) is 7.68. The van der Waals surface area contributed by atoms with Crippen LogP contribution in [0.4, 0.5) is 0 Å². The first-order valence-electron chi connectivity index (χ1n) is 3.59. The third-order valence-electron chi connectivity index (χ3n) is 1.89. The highest BCUT2D eigenvalue weighted by Gasteiger charge is 2.04. The summed E-state index contributed by atoms with van der Waals surface area (Å²) in [6, 6.07) is 0. The molecule has 0 aromatic carbocycles. The Morgan fingerprint density at radius 1 is 1.58 bits per heavy atom. The number of thiazole rings is 1. The molecule has 0 saturated heterocycles. The molecule has 2 heterocycles. The van der Waals surface area contributed by atoms with Gasteiger partial charge in [0.2, 0.25) is 0 Å². The molecule has 0 fully saturated rings. The van der Waals surface area contributed by atoms with Crippen molar-refractivity contribution in [2.75, 3.05) is 0 Å². The van der Waals surface area contributed by atoms with Crippen molar-refractivity contribution in [3.8, 4) is 0 Å². The number of hydrogen-bond donors (Lipinski definition) is 0. The molecule has 0 N–H and O–H groups in total. The molecule has 0 saturated carbocycles. The first-order chi connectivity index (χ1) is 5.70. The van der Waals surface area contributed by atoms with Crippen LogP contribution in [0.3, 0.4) is 0 Å². The fraction of sp³-hybridized carbons (Fsp3) is 0.250. The summed E-state index contributed by atoms with van der Waals surface area (Å²) in [4.78, 5) is 15.6. The van der Waals surface area contributed by atoms with Crippen LogP contribution in [-0.2, 0) is 7.05 Å². The molecule has 0 bridgehead atoms. The number of fused-ring (bicyclic) bond motifs is 1. The minimum absolute atomic E-state index is 0.0618. The molecule has 4 heteroatoms. The van der Waals surface area contributed by atoms with Gasteiger partial charge in [0.15, 0.2) is 0 Å². The van der Waals surface area contributed by atoms with Crippen LogP contribution in [0.1, 0.15) is 5.56 Å². The third-order valence-corrected chi connectivity index (χ3v) is 2.85. The predicted molar refractivity (Wildman–Crippen MR) is 49.6 cm³/mol. The summed E-state index contributed by atoms with van der Waals surface area (Å²) < 4.78 is 2.57. The molecule has 0 aliphatic rings. The van der Waals surface area contributed by atoms with Crippen LogP contribution in [0.25, 0.3) is 10.2 Å². The molecule has 0 unspecified atom stereocenters. The van der Waals surface area contributed by atoms with Gasteiger partial charge in [-0.05, 0) is 6.92 Å². The van der Waals surface area contributed by atoms with E-state index in [0.717, 1.165) is 15.8 Å². The number of aryl methyl sites for hydroxylation is 2. The van der Waals surface area contributed by atoms with Gasteiger partial charge in [-0.1, -0.05) is 0 Å². The number of rotatable bonds is 0. The Bertz CT molecular complexity index is 483. The molecule has 0 aliphatic carbocycles. The Balaban J connectivity index is 3.05. The highest BCUT2D eigenvalue weighted by Crippen LogP contribution is 2.17. The van der Waals surface area contributed by atoms with Gasteiger partial charge in [-0.3, -0.25) is 4.79 Å². The van der Waals surface area contributed by atoms with Crippen LogP contribution in [0.15, 0.2) is 16.5 Å². The Hall–Kier alpha value is -1.16. The van der Waals surface area contributed by atoms with Crippen LogP contribution >= 0.6 is 11.3 Å². The van der Waals surface area contributed by atoms with Gasteiger partial charge in [-0.2, -0.15) is 0 Å². The molecule has 0 radical (unpaired) electrons. The van der Waals surface area contributed by atoms with E-state index in [9.17, 15) is 4.79 Å². The summed E-state index contributed by atoms with van der Waals surface area (Å²) >= 11 is 1.51. The minimum Gasteiger partial charge on any atom is -0.316 e. The van der Waals surface area contributed by atoms with E-state index in [4.69, 9.17) is 0 Å². The third kappa shape index (κ3) is 0.881. The highest BCUT2D eigenvalue weighted by atomic mass is 32.1. The molecule has 2 aromatic rings. The largest absolute Gasteiger partial charge is 0.316 e. The summed E-state index contributed by atoms with van der Waals surface area (Å²) in [6.45, 7) is 1.84. The molecular weight excluding hydrogens is 172 g/mol. The number of hydrogen-bond acceptors (Lipinski definition) is 3. The molecule has 0 amide bonds. The zero-order valence-electron chi connectivity index (χ0n) is 6.87. The first-order valence-corrected chi connectivity index (χ1v) is 4.47. The predicted octanol–water partition coefficient (Wildman–Crippen LogP) is 1.30. The normalized spacial score (nSPS) is 10.8. The topological polar surface area (TPSA) is 34.9 Å². The average Bonchev–Trinajstić information content (AvgIpc) is 2.48. The smallest absolute Gasteiger partial charge is 0.254 e. The van der Waals surface area contributed by atoms with Gasteiger partial charge in [0, 0.05) is 18.8 Å². The van der Waals surface area contributed by atoms with Crippen molar-refractivity contribution in [3.63, 3.8) is 0 Å². The zero-order chi connectivity index (χ0) is 8.72. The first kappa shape index (κ1) is 7.49. The molecule has 62 valence electrons. The monoisotopic (exact) mass is 180 g/mol. The Morgan fingerprint density at radius 3 is 3.08 bits per heavy atom. The minimum atomic E-state index is 0.0618. The SMILES string of the molecule is Cc1c(=O)n(C)cc2ncsc12. The van der Waals surface area contributed by atoms with E-state index in [-0.39, 0.29) is 5.56 Å². The lowest BCUT2D eigenvalue weighted by Gasteiger charge is -1.98. The Kier molecular flexibility index (Phi) is 1.51. The fourth-order valence-corrected chi connectivity index (χ4v) is 1.99. The van der Waals surface area contributed by atoms with Crippen LogP contribution < -0.4 is 5.56 Å². The van der Waals surface area contributed by atoms with Crippen LogP contribution in [0.5, 0.6) is 0 Å². The molecule has 2 rings (SSSR count). The van der Waals surface area contributed by atoms with Gasteiger partial charge in [-0.15, -0.1) is 11.3 Å². The molecule has 0 spiro atoms. The average molecular weight is 180 g/mol. The molecule has 2 aromatic heterocycles. The van der Waals surface area contributed by atoms with E-state index in [1.54, 1.807) is 23.3 Å². The van der Waals surface area contributed by atoms with Crippen LogP contribution in [0, 0.1) is 6.92 Å². The fourth-order valence-electron chi connectivity index (χ4n) is 1.23. The van der Waals surface area contributed by atoms with Gasteiger partial charge in [-0.25, -0.2) is 4.98 Å². The lowest BCUT2D eigenvalue weighted by molar-refractivity contribution is 0.859. The maximum absolute atomic E-state index is 11.4.